The summed E-state index contributed by atoms with van der Waals surface area (Å²) in [6.45, 7) is 1.25. The Morgan fingerprint density at radius 1 is 1.38 bits per heavy atom. The van der Waals surface area contributed by atoms with Crippen LogP contribution in [-0.4, -0.2) is 33.6 Å². The number of hydrogen-bond acceptors (Lipinski definition) is 7. The third-order valence-corrected chi connectivity index (χ3v) is 5.24. The van der Waals surface area contributed by atoms with Gasteiger partial charge in [-0.25, -0.2) is 14.0 Å². The zero-order chi connectivity index (χ0) is 17.2. The van der Waals surface area contributed by atoms with Gasteiger partial charge in [0.25, 0.3) is 0 Å². The summed E-state index contributed by atoms with van der Waals surface area (Å²) < 4.78 is 26.6. The van der Waals surface area contributed by atoms with E-state index in [1.807, 2.05) is 0 Å². The van der Waals surface area contributed by atoms with Gasteiger partial charge < -0.3 is 15.4 Å². The number of nitrogens with zero attached hydrogens (tertiary/aromatic N) is 2. The molecule has 3 rings (SSSR count). The fraction of sp³-hybridized carbons (Fsp3) is 0.333. The van der Waals surface area contributed by atoms with Gasteiger partial charge in [0.15, 0.2) is 0 Å². The van der Waals surface area contributed by atoms with Gasteiger partial charge in [0, 0.05) is 30.8 Å². The molecule has 0 aliphatic carbocycles. The normalized spacial score (nSPS) is 16.9. The molecule has 9 heteroatoms. The molecule has 3 N–H and O–H groups in total. The van der Waals surface area contributed by atoms with Crippen LogP contribution >= 0.6 is 15.9 Å². The van der Waals surface area contributed by atoms with Crippen molar-refractivity contribution in [1.82, 2.24) is 9.97 Å². The number of fused-ring (bicyclic) bond motifs is 4. The summed E-state index contributed by atoms with van der Waals surface area (Å²) in [6.07, 6.45) is 4.81. The number of anilines is 3. The molecule has 0 radical (unpaired) electrons. The number of ether oxygens (including phenoxy) is 1. The van der Waals surface area contributed by atoms with Gasteiger partial charge >= 0.3 is 0 Å². The Bertz CT molecular complexity index is 857. The molecule has 1 aromatic carbocycles. The minimum absolute atomic E-state index is 0.401. The van der Waals surface area contributed by atoms with Crippen molar-refractivity contribution in [2.45, 2.75) is 17.7 Å². The lowest BCUT2D eigenvalue weighted by Gasteiger charge is -2.13. The van der Waals surface area contributed by atoms with Crippen LogP contribution in [0.4, 0.5) is 17.5 Å². The van der Waals surface area contributed by atoms with Crippen molar-refractivity contribution in [3.05, 3.63) is 28.9 Å². The van der Waals surface area contributed by atoms with E-state index in [-0.39, 0.29) is 0 Å². The average Bonchev–Trinajstić information content (AvgIpc) is 2.52. The molecule has 1 atom stereocenters. The fourth-order valence-corrected chi connectivity index (χ4v) is 3.48. The van der Waals surface area contributed by atoms with E-state index >= 15 is 0 Å². The molecule has 0 amide bonds. The van der Waals surface area contributed by atoms with Crippen LogP contribution in [0.2, 0.25) is 0 Å². The molecule has 0 fully saturated rings. The summed E-state index contributed by atoms with van der Waals surface area (Å²) in [7, 11) is -2.86. The number of rotatable bonds is 1. The van der Waals surface area contributed by atoms with E-state index < -0.39 is 9.73 Å². The molecule has 2 aromatic rings. The molecular formula is C15H18BrN5O2S. The lowest BCUT2D eigenvalue weighted by atomic mass is 10.3. The van der Waals surface area contributed by atoms with Crippen LogP contribution in [0.5, 0.6) is 5.75 Å². The zero-order valence-corrected chi connectivity index (χ0v) is 15.5. The molecular weight excluding hydrogens is 394 g/mol. The van der Waals surface area contributed by atoms with Gasteiger partial charge in [0.2, 0.25) is 5.95 Å². The average molecular weight is 412 g/mol. The molecule has 1 unspecified atom stereocenters. The first-order chi connectivity index (χ1) is 11.4. The summed E-state index contributed by atoms with van der Waals surface area (Å²) in [6, 6.07) is 5.14. The Balaban J connectivity index is 2.01. The van der Waals surface area contributed by atoms with Crippen LogP contribution in [0, 0.1) is 4.78 Å². The van der Waals surface area contributed by atoms with E-state index in [0.717, 1.165) is 29.7 Å². The van der Waals surface area contributed by atoms with Crippen LogP contribution in [0.1, 0.15) is 12.8 Å². The highest BCUT2D eigenvalue weighted by Gasteiger charge is 2.14. The van der Waals surface area contributed by atoms with E-state index in [2.05, 4.69) is 36.5 Å². The maximum absolute atomic E-state index is 12.1. The lowest BCUT2D eigenvalue weighted by Crippen LogP contribution is -2.07. The van der Waals surface area contributed by atoms with E-state index in [0.29, 0.717) is 28.9 Å². The Labute approximate surface area is 149 Å². The van der Waals surface area contributed by atoms with Gasteiger partial charge in [0.05, 0.1) is 25.7 Å². The molecule has 1 aliphatic rings. The Hall–Kier alpha value is -1.87. The second-order valence-corrected chi connectivity index (χ2v) is 8.48. The van der Waals surface area contributed by atoms with Crippen LogP contribution in [0.3, 0.4) is 0 Å². The van der Waals surface area contributed by atoms with E-state index in [9.17, 15) is 4.21 Å². The predicted molar refractivity (Wildman–Crippen MR) is 97.7 cm³/mol. The molecule has 4 bridgehead atoms. The molecule has 1 aromatic heterocycles. The molecule has 7 nitrogen and oxygen atoms in total. The van der Waals surface area contributed by atoms with Crippen LogP contribution in [0.15, 0.2) is 33.8 Å². The van der Waals surface area contributed by atoms with Crippen molar-refractivity contribution in [1.29, 1.82) is 4.78 Å². The topological polar surface area (TPSA) is 100.0 Å². The number of benzene rings is 1. The van der Waals surface area contributed by atoms with Crippen molar-refractivity contribution in [2.75, 3.05) is 30.0 Å². The van der Waals surface area contributed by atoms with Crippen LogP contribution in [0.25, 0.3) is 0 Å². The van der Waals surface area contributed by atoms with Crippen molar-refractivity contribution in [2.24, 2.45) is 0 Å². The third kappa shape index (κ3) is 3.96. The van der Waals surface area contributed by atoms with Gasteiger partial charge in [0.1, 0.15) is 11.6 Å². The summed E-state index contributed by atoms with van der Waals surface area (Å²) >= 11 is 3.43. The molecule has 24 heavy (non-hydrogen) atoms. The second kappa shape index (κ2) is 6.94. The van der Waals surface area contributed by atoms with Gasteiger partial charge in [-0.1, -0.05) is 0 Å². The van der Waals surface area contributed by atoms with Crippen molar-refractivity contribution >= 4 is 43.1 Å². The molecule has 0 spiro atoms. The lowest BCUT2D eigenvalue weighted by molar-refractivity contribution is 0.301. The maximum Gasteiger partial charge on any atom is 0.229 e. The van der Waals surface area contributed by atoms with E-state index in [4.69, 9.17) is 9.52 Å². The molecule has 128 valence electrons. The summed E-state index contributed by atoms with van der Waals surface area (Å²) in [5.41, 5.74) is 0.713. The monoisotopic (exact) mass is 411 g/mol. The van der Waals surface area contributed by atoms with Crippen LogP contribution in [-0.2, 0) is 9.73 Å². The summed E-state index contributed by atoms with van der Waals surface area (Å²) in [5.74, 6) is 1.64. The van der Waals surface area contributed by atoms with E-state index in [1.165, 1.54) is 6.26 Å². The predicted octanol–water partition coefficient (Wildman–Crippen LogP) is 3.60. The first-order valence-corrected chi connectivity index (χ1v) is 10.2. The first kappa shape index (κ1) is 17.0. The Kier molecular flexibility index (Phi) is 4.91. The fourth-order valence-electron chi connectivity index (χ4n) is 2.32. The van der Waals surface area contributed by atoms with Gasteiger partial charge in [-0.2, -0.15) is 4.98 Å². The highest BCUT2D eigenvalue weighted by atomic mass is 79.9. The number of halogens is 1. The Morgan fingerprint density at radius 3 is 3.00 bits per heavy atom. The summed E-state index contributed by atoms with van der Waals surface area (Å²) in [5, 5.41) is 6.38. The number of hydrogen-bond donors (Lipinski definition) is 3. The third-order valence-electron chi connectivity index (χ3n) is 3.48. The smallest absolute Gasteiger partial charge is 0.229 e. The minimum atomic E-state index is -2.86. The van der Waals surface area contributed by atoms with Crippen molar-refractivity contribution < 1.29 is 8.95 Å². The zero-order valence-electron chi connectivity index (χ0n) is 13.1. The van der Waals surface area contributed by atoms with Crippen LogP contribution < -0.4 is 15.4 Å². The second-order valence-electron chi connectivity index (χ2n) is 5.50. The minimum Gasteiger partial charge on any atom is -0.492 e. The van der Waals surface area contributed by atoms with E-state index in [1.54, 1.807) is 24.4 Å². The van der Waals surface area contributed by atoms with Gasteiger partial charge in [-0.05, 0) is 40.9 Å². The SMILES string of the molecule is CS(=N)(=O)c1ccc2cc1OCCCCNc1nc(ncc1Br)N2. The van der Waals surface area contributed by atoms with Gasteiger partial charge in [-0.3, -0.25) is 0 Å². The number of nitrogens with one attached hydrogen (secondary N) is 3. The van der Waals surface area contributed by atoms with Gasteiger partial charge in [-0.15, -0.1) is 0 Å². The Morgan fingerprint density at radius 2 is 2.21 bits per heavy atom. The molecule has 0 saturated heterocycles. The highest BCUT2D eigenvalue weighted by Crippen LogP contribution is 2.30. The first-order valence-electron chi connectivity index (χ1n) is 7.47. The quantitative estimate of drug-likeness (QED) is 0.662. The molecule has 1 aliphatic heterocycles. The number of aromatic nitrogens is 2. The van der Waals surface area contributed by atoms with Crippen molar-refractivity contribution in [3.63, 3.8) is 0 Å². The standard InChI is InChI=1S/C15H18BrN5O2S/c1-24(17,22)13-5-4-10-8-12(13)23-7-3-2-6-18-14-11(16)9-19-15(20-10)21-14/h4-5,8-9,17H,2-3,6-7H2,1H3,(H2,18,19,20,21). The summed E-state index contributed by atoms with van der Waals surface area (Å²) in [4.78, 5) is 9.09. The largest absolute Gasteiger partial charge is 0.492 e. The molecule has 2 heterocycles. The maximum atomic E-state index is 12.1. The van der Waals surface area contributed by atoms with Crippen molar-refractivity contribution in [3.8, 4) is 5.75 Å². The highest BCUT2D eigenvalue weighted by molar-refractivity contribution is 9.10. The molecule has 0 saturated carbocycles.